The van der Waals surface area contributed by atoms with Crippen LogP contribution in [0.4, 0.5) is 0 Å². The quantitative estimate of drug-likeness (QED) is 0.663. The Morgan fingerprint density at radius 3 is 2.77 bits per heavy atom. The van der Waals surface area contributed by atoms with Crippen molar-refractivity contribution in [2.75, 3.05) is 26.7 Å². The second-order valence-corrected chi connectivity index (χ2v) is 8.85. The number of amides is 1. The highest BCUT2D eigenvalue weighted by Gasteiger charge is 2.24. The lowest BCUT2D eigenvalue weighted by atomic mass is 9.96. The number of rotatable bonds is 6. The molecule has 2 aromatic heterocycles. The molecule has 2 aliphatic heterocycles. The molecule has 0 unspecified atom stereocenters. The molecular weight excluding hydrogens is 388 g/mol. The topological polar surface area (TPSA) is 69.5 Å². The summed E-state index contributed by atoms with van der Waals surface area (Å²) in [6, 6.07) is 8.79. The molecule has 0 bridgehead atoms. The second kappa shape index (κ2) is 8.57. The number of nitrogens with one attached hydrogen (secondary N) is 1. The Morgan fingerprint density at radius 2 is 2.03 bits per heavy atom. The standard InChI is InChI=1S/C24H30N6O/c1-28-10-9-22(27-28)3-5-24(31)29-11-6-18(7-12-29)17-30-13-8-20-14-19(2-4-23(20)30)21-15-25-26-16-21/h2,4,8,13-16,18H,3,5-7,9-12,17H2,1H3,(H,25,26). The number of H-pyrrole nitrogens is 1. The number of hydrogen-bond donors (Lipinski definition) is 1. The van der Waals surface area contributed by atoms with Gasteiger partial charge in [0.15, 0.2) is 0 Å². The van der Waals surface area contributed by atoms with Crippen LogP contribution in [0, 0.1) is 5.92 Å². The highest BCUT2D eigenvalue weighted by atomic mass is 16.2. The molecule has 7 heteroatoms. The molecule has 1 fully saturated rings. The van der Waals surface area contributed by atoms with E-state index >= 15 is 0 Å². The number of hydrogen-bond acceptors (Lipinski definition) is 4. The zero-order valence-corrected chi connectivity index (χ0v) is 18.1. The van der Waals surface area contributed by atoms with Crippen LogP contribution in [0.1, 0.15) is 32.1 Å². The first-order chi connectivity index (χ1) is 15.2. The third-order valence-electron chi connectivity index (χ3n) is 6.69. The van der Waals surface area contributed by atoms with Gasteiger partial charge in [0.05, 0.1) is 6.20 Å². The first-order valence-electron chi connectivity index (χ1n) is 11.3. The van der Waals surface area contributed by atoms with Gasteiger partial charge in [0.2, 0.25) is 5.91 Å². The van der Waals surface area contributed by atoms with E-state index < -0.39 is 0 Å². The normalized spacial score (nSPS) is 17.5. The molecule has 7 nitrogen and oxygen atoms in total. The molecule has 5 rings (SSSR count). The molecule has 162 valence electrons. The highest BCUT2D eigenvalue weighted by Crippen LogP contribution is 2.27. The van der Waals surface area contributed by atoms with Crippen LogP contribution in [-0.4, -0.2) is 63.0 Å². The van der Waals surface area contributed by atoms with Gasteiger partial charge in [0, 0.05) is 80.6 Å². The first kappa shape index (κ1) is 19.8. The van der Waals surface area contributed by atoms with Crippen LogP contribution >= 0.6 is 0 Å². The minimum atomic E-state index is 0.286. The minimum Gasteiger partial charge on any atom is -0.347 e. The maximum atomic E-state index is 12.6. The van der Waals surface area contributed by atoms with E-state index in [0.29, 0.717) is 12.3 Å². The van der Waals surface area contributed by atoms with Crippen molar-refractivity contribution in [2.24, 2.45) is 11.0 Å². The molecule has 31 heavy (non-hydrogen) atoms. The van der Waals surface area contributed by atoms with Crippen LogP contribution in [0.15, 0.2) is 48.0 Å². The fourth-order valence-corrected chi connectivity index (χ4v) is 4.81. The lowest BCUT2D eigenvalue weighted by Crippen LogP contribution is -2.39. The van der Waals surface area contributed by atoms with E-state index in [9.17, 15) is 4.79 Å². The summed E-state index contributed by atoms with van der Waals surface area (Å²) < 4.78 is 2.37. The van der Waals surface area contributed by atoms with E-state index in [0.717, 1.165) is 57.4 Å². The van der Waals surface area contributed by atoms with Crippen LogP contribution < -0.4 is 0 Å². The fourth-order valence-electron chi connectivity index (χ4n) is 4.81. The van der Waals surface area contributed by atoms with Crippen LogP contribution in [0.5, 0.6) is 0 Å². The smallest absolute Gasteiger partial charge is 0.222 e. The molecule has 1 N–H and O–H groups in total. The maximum absolute atomic E-state index is 12.6. The average Bonchev–Trinajstić information content (AvgIpc) is 3.54. The summed E-state index contributed by atoms with van der Waals surface area (Å²) >= 11 is 0. The number of fused-ring (bicyclic) bond motifs is 1. The van der Waals surface area contributed by atoms with Crippen molar-refractivity contribution in [3.8, 4) is 11.1 Å². The van der Waals surface area contributed by atoms with Crippen molar-refractivity contribution in [3.05, 3.63) is 42.9 Å². The van der Waals surface area contributed by atoms with E-state index in [1.165, 1.54) is 22.2 Å². The largest absolute Gasteiger partial charge is 0.347 e. The van der Waals surface area contributed by atoms with Gasteiger partial charge in [0.1, 0.15) is 0 Å². The Hall–Kier alpha value is -3.09. The number of hydrazone groups is 1. The van der Waals surface area contributed by atoms with E-state index in [2.05, 4.69) is 55.2 Å². The van der Waals surface area contributed by atoms with E-state index in [-0.39, 0.29) is 5.91 Å². The van der Waals surface area contributed by atoms with Gasteiger partial charge < -0.3 is 9.47 Å². The van der Waals surface area contributed by atoms with Gasteiger partial charge >= 0.3 is 0 Å². The van der Waals surface area contributed by atoms with Crippen molar-refractivity contribution in [3.63, 3.8) is 0 Å². The molecule has 1 saturated heterocycles. The van der Waals surface area contributed by atoms with E-state index in [4.69, 9.17) is 0 Å². The predicted molar refractivity (Wildman–Crippen MR) is 123 cm³/mol. The Balaban J connectivity index is 1.15. The Labute approximate surface area is 182 Å². The number of aromatic nitrogens is 3. The zero-order chi connectivity index (χ0) is 21.2. The number of carbonyl (C=O) groups excluding carboxylic acids is 1. The highest BCUT2D eigenvalue weighted by molar-refractivity contribution is 5.89. The number of piperidine rings is 1. The molecule has 0 spiro atoms. The van der Waals surface area contributed by atoms with Gasteiger partial charge in [-0.1, -0.05) is 6.07 Å². The minimum absolute atomic E-state index is 0.286. The lowest BCUT2D eigenvalue weighted by molar-refractivity contribution is -0.132. The van der Waals surface area contributed by atoms with Gasteiger partial charge in [-0.25, -0.2) is 0 Å². The zero-order valence-electron chi connectivity index (χ0n) is 18.1. The lowest BCUT2D eigenvalue weighted by Gasteiger charge is -2.32. The van der Waals surface area contributed by atoms with Crippen molar-refractivity contribution in [2.45, 2.75) is 38.6 Å². The van der Waals surface area contributed by atoms with Gasteiger partial charge in [-0.05, 0) is 48.9 Å². The number of likely N-dealkylation sites (tertiary alicyclic amines) is 1. The predicted octanol–water partition coefficient (Wildman–Crippen LogP) is 3.74. The summed E-state index contributed by atoms with van der Waals surface area (Å²) in [5.41, 5.74) is 4.73. The third-order valence-corrected chi connectivity index (χ3v) is 6.69. The fraction of sp³-hybridized carbons (Fsp3) is 0.458. The molecule has 1 amide bonds. The van der Waals surface area contributed by atoms with Gasteiger partial charge in [0.25, 0.3) is 0 Å². The number of benzene rings is 1. The summed E-state index contributed by atoms with van der Waals surface area (Å²) in [5, 5.41) is 14.6. The second-order valence-electron chi connectivity index (χ2n) is 8.85. The Bertz CT molecular complexity index is 1070. The maximum Gasteiger partial charge on any atom is 0.222 e. The van der Waals surface area contributed by atoms with E-state index in [1.807, 2.05) is 24.5 Å². The van der Waals surface area contributed by atoms with Crippen LogP contribution in [0.2, 0.25) is 0 Å². The first-order valence-corrected chi connectivity index (χ1v) is 11.3. The SMILES string of the molecule is CN1CCC(CCC(=O)N2CCC(Cn3ccc4cc(-c5cn[nH]c5)ccc43)CC2)=N1. The van der Waals surface area contributed by atoms with Crippen LogP contribution in [0.3, 0.4) is 0 Å². The molecule has 1 aromatic carbocycles. The molecule has 2 aliphatic rings. The molecule has 0 atom stereocenters. The van der Waals surface area contributed by atoms with Gasteiger partial charge in [-0.3, -0.25) is 14.9 Å². The number of nitrogens with zero attached hydrogens (tertiary/aromatic N) is 5. The Morgan fingerprint density at radius 1 is 1.16 bits per heavy atom. The monoisotopic (exact) mass is 418 g/mol. The summed E-state index contributed by atoms with van der Waals surface area (Å²) in [7, 11) is 1.99. The van der Waals surface area contributed by atoms with Crippen LogP contribution in [-0.2, 0) is 11.3 Å². The molecule has 3 aromatic rings. The van der Waals surface area contributed by atoms with E-state index in [1.54, 1.807) is 0 Å². The molecular formula is C24H30N6O. The summed E-state index contributed by atoms with van der Waals surface area (Å²) in [6.45, 7) is 3.74. The molecule has 0 saturated carbocycles. The van der Waals surface area contributed by atoms with Crippen molar-refractivity contribution < 1.29 is 4.79 Å². The van der Waals surface area contributed by atoms with Crippen molar-refractivity contribution in [1.29, 1.82) is 0 Å². The number of carbonyl (C=O) groups is 1. The average molecular weight is 419 g/mol. The van der Waals surface area contributed by atoms with Crippen molar-refractivity contribution >= 4 is 22.5 Å². The summed E-state index contributed by atoms with van der Waals surface area (Å²) in [5.74, 6) is 0.898. The number of aromatic amines is 1. The third kappa shape index (κ3) is 4.36. The van der Waals surface area contributed by atoms with Gasteiger partial charge in [-0.15, -0.1) is 0 Å². The van der Waals surface area contributed by atoms with Gasteiger partial charge in [-0.2, -0.15) is 10.2 Å². The van der Waals surface area contributed by atoms with Crippen molar-refractivity contribution in [1.82, 2.24) is 24.7 Å². The molecule has 0 aliphatic carbocycles. The molecule has 4 heterocycles. The summed E-state index contributed by atoms with van der Waals surface area (Å²) in [6.07, 6.45) is 10.5. The summed E-state index contributed by atoms with van der Waals surface area (Å²) in [4.78, 5) is 14.7. The van der Waals surface area contributed by atoms with Crippen LogP contribution in [0.25, 0.3) is 22.0 Å². The molecule has 0 radical (unpaired) electrons. The Kier molecular flexibility index (Phi) is 5.49.